The summed E-state index contributed by atoms with van der Waals surface area (Å²) in [6.45, 7) is 6.46. The van der Waals surface area contributed by atoms with Gasteiger partial charge in [0, 0.05) is 23.5 Å². The third kappa shape index (κ3) is 4.23. The number of amides is 2. The summed E-state index contributed by atoms with van der Waals surface area (Å²) in [4.78, 5) is 30.3. The summed E-state index contributed by atoms with van der Waals surface area (Å²) in [5.74, 6) is -0.707. The van der Waals surface area contributed by atoms with E-state index in [-0.39, 0.29) is 36.4 Å². The average molecular weight is 441 g/mol. The van der Waals surface area contributed by atoms with Crippen molar-refractivity contribution in [3.05, 3.63) is 75.2 Å². The van der Waals surface area contributed by atoms with Crippen LogP contribution in [-0.4, -0.2) is 29.1 Å². The summed E-state index contributed by atoms with van der Waals surface area (Å²) in [5, 5.41) is 3.67. The number of hydrogen-bond donors (Lipinski definition) is 2. The number of H-pyrrole nitrogens is 1. The molecule has 0 aliphatic carbocycles. The number of aromatic amines is 1. The highest BCUT2D eigenvalue weighted by atomic mass is 19.1. The number of aryl methyl sites for hydroxylation is 1. The van der Waals surface area contributed by atoms with Crippen molar-refractivity contribution in [2.45, 2.75) is 33.4 Å². The monoisotopic (exact) mass is 441 g/mol. The summed E-state index contributed by atoms with van der Waals surface area (Å²) in [6, 6.07) is 7.61. The molecule has 0 spiro atoms. The third-order valence-corrected chi connectivity index (χ3v) is 5.57. The molecule has 4 rings (SSSR count). The van der Waals surface area contributed by atoms with Gasteiger partial charge in [0.25, 0.3) is 5.56 Å². The molecule has 0 saturated heterocycles. The molecule has 168 valence electrons. The third-order valence-electron chi connectivity index (χ3n) is 5.57. The van der Waals surface area contributed by atoms with Gasteiger partial charge in [-0.25, -0.2) is 13.6 Å². The zero-order valence-electron chi connectivity index (χ0n) is 18.2. The molecule has 8 heteroatoms. The van der Waals surface area contributed by atoms with Crippen LogP contribution in [0.5, 0.6) is 0 Å². The number of aromatic nitrogens is 1. The van der Waals surface area contributed by atoms with E-state index in [1.165, 1.54) is 24.3 Å². The number of nitrogens with one attached hydrogen (secondary N) is 2. The smallest absolute Gasteiger partial charge is 0.322 e. The number of hydrogen-bond acceptors (Lipinski definition) is 3. The lowest BCUT2D eigenvalue weighted by molar-refractivity contribution is 0.0425. The van der Waals surface area contributed by atoms with Gasteiger partial charge in [0.05, 0.1) is 24.6 Å². The van der Waals surface area contributed by atoms with E-state index >= 15 is 0 Å². The Labute approximate surface area is 184 Å². The Morgan fingerprint density at radius 3 is 2.72 bits per heavy atom. The molecule has 2 N–H and O–H groups in total. The van der Waals surface area contributed by atoms with Crippen molar-refractivity contribution in [1.82, 2.24) is 9.88 Å². The number of urea groups is 1. The number of carbonyl (C=O) groups excluding carboxylic acids is 1. The van der Waals surface area contributed by atoms with Crippen LogP contribution in [0.4, 0.5) is 19.3 Å². The minimum atomic E-state index is -0.505. The van der Waals surface area contributed by atoms with Gasteiger partial charge in [-0.3, -0.25) is 4.79 Å². The van der Waals surface area contributed by atoms with E-state index < -0.39 is 17.4 Å². The number of pyridine rings is 1. The maximum atomic E-state index is 13.8. The summed E-state index contributed by atoms with van der Waals surface area (Å²) in [6.07, 6.45) is 0. The van der Waals surface area contributed by atoms with Crippen molar-refractivity contribution in [3.63, 3.8) is 0 Å². The van der Waals surface area contributed by atoms with Crippen molar-refractivity contribution in [1.29, 1.82) is 0 Å². The number of ether oxygens (including phenoxy) is 1. The quantitative estimate of drug-likeness (QED) is 0.606. The molecule has 1 aromatic heterocycles. The zero-order valence-corrected chi connectivity index (χ0v) is 18.2. The minimum absolute atomic E-state index is 0.146. The number of rotatable bonds is 4. The standard InChI is InChI=1S/C24H25F2N3O3/c1-13(2)10-29(24(31)27-16-5-7-19(26)14(3)8-16)21-12-32-11-20-22(21)17-6-4-15(25)9-18(17)23(30)28-20/h4-9,13,21H,10-12H2,1-3H3,(H,27,31)(H,28,30)/t21-/m0/s1. The van der Waals surface area contributed by atoms with Crippen molar-refractivity contribution in [3.8, 4) is 0 Å². The van der Waals surface area contributed by atoms with E-state index in [1.54, 1.807) is 24.0 Å². The number of anilines is 1. The molecule has 0 unspecified atom stereocenters. The highest BCUT2D eigenvalue weighted by Gasteiger charge is 2.33. The Morgan fingerprint density at radius 1 is 1.22 bits per heavy atom. The lowest BCUT2D eigenvalue weighted by Gasteiger charge is -2.37. The Balaban J connectivity index is 1.77. The Bertz CT molecular complexity index is 1240. The van der Waals surface area contributed by atoms with Gasteiger partial charge in [-0.2, -0.15) is 0 Å². The van der Waals surface area contributed by atoms with Crippen molar-refractivity contribution >= 4 is 22.5 Å². The van der Waals surface area contributed by atoms with Crippen LogP contribution in [0.3, 0.4) is 0 Å². The number of halogens is 2. The Hall–Kier alpha value is -3.26. The molecule has 0 radical (unpaired) electrons. The largest absolute Gasteiger partial charge is 0.373 e. The van der Waals surface area contributed by atoms with Crippen LogP contribution in [0.15, 0.2) is 41.2 Å². The predicted octanol–water partition coefficient (Wildman–Crippen LogP) is 4.88. The molecule has 1 atom stereocenters. The molecule has 1 aliphatic rings. The average Bonchev–Trinajstić information content (AvgIpc) is 2.74. The molecule has 2 amide bonds. The topological polar surface area (TPSA) is 74.4 Å². The normalized spacial score (nSPS) is 15.6. The summed E-state index contributed by atoms with van der Waals surface area (Å²) >= 11 is 0. The highest BCUT2D eigenvalue weighted by Crippen LogP contribution is 2.34. The number of benzene rings is 2. The van der Waals surface area contributed by atoms with Gasteiger partial charge < -0.3 is 19.9 Å². The molecule has 2 heterocycles. The Kier molecular flexibility index (Phi) is 5.97. The van der Waals surface area contributed by atoms with Gasteiger partial charge in [0.1, 0.15) is 11.6 Å². The van der Waals surface area contributed by atoms with E-state index in [0.29, 0.717) is 28.9 Å². The zero-order chi connectivity index (χ0) is 23.0. The van der Waals surface area contributed by atoms with Crippen LogP contribution in [0.1, 0.15) is 36.7 Å². The fourth-order valence-electron chi connectivity index (χ4n) is 4.13. The van der Waals surface area contributed by atoms with Gasteiger partial charge >= 0.3 is 6.03 Å². The first-order valence-electron chi connectivity index (χ1n) is 10.5. The van der Waals surface area contributed by atoms with Crippen LogP contribution < -0.4 is 10.9 Å². The van der Waals surface area contributed by atoms with Gasteiger partial charge in [0.15, 0.2) is 0 Å². The Morgan fingerprint density at radius 2 is 2.00 bits per heavy atom. The molecule has 2 aromatic carbocycles. The SMILES string of the molecule is Cc1cc(NC(=O)N(CC(C)C)[C@H]2COCc3[nH]c(=O)c4cc(F)ccc4c32)ccc1F. The first-order valence-corrected chi connectivity index (χ1v) is 10.5. The van der Waals surface area contributed by atoms with Crippen molar-refractivity contribution < 1.29 is 18.3 Å². The number of fused-ring (bicyclic) bond motifs is 3. The maximum absolute atomic E-state index is 13.8. The van der Waals surface area contributed by atoms with E-state index in [9.17, 15) is 18.4 Å². The maximum Gasteiger partial charge on any atom is 0.322 e. The summed E-state index contributed by atoms with van der Waals surface area (Å²) in [7, 11) is 0. The van der Waals surface area contributed by atoms with Crippen molar-refractivity contribution in [2.75, 3.05) is 18.5 Å². The molecule has 32 heavy (non-hydrogen) atoms. The second-order valence-corrected chi connectivity index (χ2v) is 8.51. The predicted molar refractivity (Wildman–Crippen MR) is 119 cm³/mol. The van der Waals surface area contributed by atoms with Crippen LogP contribution >= 0.6 is 0 Å². The first-order chi connectivity index (χ1) is 15.2. The van der Waals surface area contributed by atoms with Crippen LogP contribution in [-0.2, 0) is 11.3 Å². The second-order valence-electron chi connectivity index (χ2n) is 8.51. The molecular formula is C24H25F2N3O3. The van der Waals surface area contributed by atoms with Crippen molar-refractivity contribution in [2.24, 2.45) is 5.92 Å². The summed E-state index contributed by atoms with van der Waals surface area (Å²) in [5.41, 5.74) is 1.83. The summed E-state index contributed by atoms with van der Waals surface area (Å²) < 4.78 is 33.2. The first kappa shape index (κ1) is 22.0. The van der Waals surface area contributed by atoms with Gasteiger partial charge in [-0.15, -0.1) is 0 Å². The van der Waals surface area contributed by atoms with E-state index in [1.807, 2.05) is 13.8 Å². The molecule has 1 aliphatic heterocycles. The van der Waals surface area contributed by atoms with Gasteiger partial charge in [0.2, 0.25) is 0 Å². The van der Waals surface area contributed by atoms with Gasteiger partial charge in [-0.1, -0.05) is 19.9 Å². The van der Waals surface area contributed by atoms with Crippen LogP contribution in [0.25, 0.3) is 10.8 Å². The van der Waals surface area contributed by atoms with Crippen LogP contribution in [0, 0.1) is 24.5 Å². The fourth-order valence-corrected chi connectivity index (χ4v) is 4.13. The van der Waals surface area contributed by atoms with E-state index in [2.05, 4.69) is 10.3 Å². The lowest BCUT2D eigenvalue weighted by Crippen LogP contribution is -2.44. The highest BCUT2D eigenvalue weighted by molar-refractivity contribution is 5.91. The van der Waals surface area contributed by atoms with E-state index in [0.717, 1.165) is 5.56 Å². The lowest BCUT2D eigenvalue weighted by atomic mass is 9.95. The minimum Gasteiger partial charge on any atom is -0.373 e. The second kappa shape index (κ2) is 8.70. The molecule has 0 bridgehead atoms. The number of nitrogens with zero attached hydrogens (tertiary/aromatic N) is 1. The molecule has 0 saturated carbocycles. The molecule has 0 fully saturated rings. The molecule has 3 aromatic rings. The van der Waals surface area contributed by atoms with E-state index in [4.69, 9.17) is 4.74 Å². The molecule has 6 nitrogen and oxygen atoms in total. The number of carbonyl (C=O) groups is 1. The van der Waals surface area contributed by atoms with Crippen LogP contribution in [0.2, 0.25) is 0 Å². The molecular weight excluding hydrogens is 416 g/mol. The fraction of sp³-hybridized carbons (Fsp3) is 0.333. The van der Waals surface area contributed by atoms with Gasteiger partial charge in [-0.05, 0) is 54.1 Å².